The van der Waals surface area contributed by atoms with Crippen molar-refractivity contribution in [1.29, 1.82) is 0 Å². The summed E-state index contributed by atoms with van der Waals surface area (Å²) in [7, 11) is -1.64. The van der Waals surface area contributed by atoms with Crippen LogP contribution in [0, 0.1) is 11.5 Å². The van der Waals surface area contributed by atoms with Crippen LogP contribution >= 0.6 is 0 Å². The average molecular weight is 343 g/mol. The topological polar surface area (TPSA) is 49.8 Å². The molecule has 3 atom stereocenters. The quantitative estimate of drug-likeness (QED) is 0.507. The summed E-state index contributed by atoms with van der Waals surface area (Å²) in [6.45, 7) is 10.4. The molecular weight excluding hydrogens is 318 g/mol. The maximum absolute atomic E-state index is 12.3. The molecule has 1 aromatic rings. The molecule has 24 heavy (non-hydrogen) atoms. The first kappa shape index (κ1) is 18.3. The third-order valence-electron chi connectivity index (χ3n) is 3.76. The Hall–Kier alpha value is -2.03. The molecule has 0 saturated carbocycles. The van der Waals surface area contributed by atoms with Gasteiger partial charge in [-0.05, 0) is 12.0 Å². The van der Waals surface area contributed by atoms with Gasteiger partial charge in [-0.25, -0.2) is 4.79 Å². The van der Waals surface area contributed by atoms with Crippen LogP contribution in [0.3, 0.4) is 0 Å². The standard InChI is InChI=1S/C19H25NO3Si/c1-5-9-18(21)16(12-13-24(2,3)4)20-17(14-23-19(20)22)15-10-7-6-8-11-15/h5-8,10-11,16-18,21H,1,9,14H2,2-4H3/t16-,17+,18+/m1/s1. The van der Waals surface area contributed by atoms with Crippen molar-refractivity contribution < 1.29 is 14.6 Å². The van der Waals surface area contributed by atoms with Gasteiger partial charge in [-0.1, -0.05) is 62.0 Å². The number of carbonyl (C=O) groups excluding carboxylic acids is 1. The third-order valence-corrected chi connectivity index (χ3v) is 4.66. The molecule has 2 rings (SSSR count). The first-order chi connectivity index (χ1) is 11.3. The van der Waals surface area contributed by atoms with E-state index in [4.69, 9.17) is 4.74 Å². The van der Waals surface area contributed by atoms with E-state index in [9.17, 15) is 9.90 Å². The van der Waals surface area contributed by atoms with E-state index in [1.54, 1.807) is 11.0 Å². The Morgan fingerprint density at radius 2 is 2.08 bits per heavy atom. The zero-order chi connectivity index (χ0) is 17.7. The lowest BCUT2D eigenvalue weighted by Gasteiger charge is -2.30. The molecule has 0 unspecified atom stereocenters. The predicted octanol–water partition coefficient (Wildman–Crippen LogP) is 3.37. The molecule has 1 fully saturated rings. The number of carbonyl (C=O) groups is 1. The van der Waals surface area contributed by atoms with Crippen LogP contribution in [-0.4, -0.2) is 42.9 Å². The van der Waals surface area contributed by atoms with Crippen molar-refractivity contribution in [2.75, 3.05) is 6.61 Å². The number of amides is 1. The van der Waals surface area contributed by atoms with Crippen LogP contribution in [0.5, 0.6) is 0 Å². The maximum Gasteiger partial charge on any atom is 0.411 e. The van der Waals surface area contributed by atoms with Crippen LogP contribution in [0.4, 0.5) is 4.79 Å². The summed E-state index contributed by atoms with van der Waals surface area (Å²) in [5.41, 5.74) is 4.26. The summed E-state index contributed by atoms with van der Waals surface area (Å²) in [6.07, 6.45) is 0.799. The van der Waals surface area contributed by atoms with E-state index in [1.807, 2.05) is 30.3 Å². The van der Waals surface area contributed by atoms with Gasteiger partial charge >= 0.3 is 6.09 Å². The van der Waals surface area contributed by atoms with Crippen LogP contribution in [-0.2, 0) is 4.74 Å². The minimum absolute atomic E-state index is 0.237. The highest BCUT2D eigenvalue weighted by Gasteiger charge is 2.41. The number of aliphatic hydroxyl groups excluding tert-OH is 1. The van der Waals surface area contributed by atoms with Crippen LogP contribution in [0.25, 0.3) is 0 Å². The molecule has 1 heterocycles. The summed E-state index contributed by atoms with van der Waals surface area (Å²) in [4.78, 5) is 13.9. The van der Waals surface area contributed by atoms with Crippen molar-refractivity contribution in [3.8, 4) is 11.5 Å². The minimum Gasteiger partial charge on any atom is -0.447 e. The fourth-order valence-corrected chi connectivity index (χ4v) is 3.19. The second kappa shape index (κ2) is 7.69. The molecule has 1 aliphatic rings. The fraction of sp³-hybridized carbons (Fsp3) is 0.421. The molecular formula is C19H25NO3Si. The van der Waals surface area contributed by atoms with E-state index in [0.29, 0.717) is 6.42 Å². The Morgan fingerprint density at radius 3 is 2.67 bits per heavy atom. The van der Waals surface area contributed by atoms with E-state index in [2.05, 4.69) is 37.7 Å². The molecule has 1 aliphatic heterocycles. The third kappa shape index (κ3) is 4.50. The summed E-state index contributed by atoms with van der Waals surface area (Å²) < 4.78 is 5.27. The van der Waals surface area contributed by atoms with Gasteiger partial charge in [0, 0.05) is 0 Å². The highest BCUT2D eigenvalue weighted by molar-refractivity contribution is 6.83. The van der Waals surface area contributed by atoms with Crippen molar-refractivity contribution in [3.63, 3.8) is 0 Å². The van der Waals surface area contributed by atoms with Gasteiger partial charge in [0.05, 0.1) is 12.1 Å². The van der Waals surface area contributed by atoms with Gasteiger partial charge < -0.3 is 9.84 Å². The maximum atomic E-state index is 12.3. The Morgan fingerprint density at radius 1 is 1.42 bits per heavy atom. The second-order valence-corrected chi connectivity index (χ2v) is 11.7. The normalized spacial score (nSPS) is 19.9. The van der Waals surface area contributed by atoms with Gasteiger partial charge in [-0.2, -0.15) is 0 Å². The van der Waals surface area contributed by atoms with Gasteiger partial charge in [-0.15, -0.1) is 12.1 Å². The number of nitrogens with zero attached hydrogens (tertiary/aromatic N) is 1. The average Bonchev–Trinajstić information content (AvgIpc) is 2.89. The summed E-state index contributed by atoms with van der Waals surface area (Å²) in [5.74, 6) is 3.16. The number of hydrogen-bond donors (Lipinski definition) is 1. The summed E-state index contributed by atoms with van der Waals surface area (Å²) in [6, 6.07) is 8.87. The van der Waals surface area contributed by atoms with Crippen molar-refractivity contribution in [1.82, 2.24) is 4.90 Å². The highest BCUT2D eigenvalue weighted by Crippen LogP contribution is 2.31. The molecule has 0 radical (unpaired) electrons. The Bertz CT molecular complexity index is 642. The van der Waals surface area contributed by atoms with Crippen LogP contribution in [0.2, 0.25) is 19.6 Å². The zero-order valence-electron chi connectivity index (χ0n) is 14.5. The Kier molecular flexibility index (Phi) is 5.87. The number of cyclic esters (lactones) is 1. The van der Waals surface area contributed by atoms with Gasteiger partial charge in [-0.3, -0.25) is 4.90 Å². The van der Waals surface area contributed by atoms with Gasteiger partial charge in [0.1, 0.15) is 20.7 Å². The lowest BCUT2D eigenvalue weighted by Crippen LogP contribution is -2.45. The van der Waals surface area contributed by atoms with E-state index >= 15 is 0 Å². The molecule has 1 saturated heterocycles. The number of ether oxygens (including phenoxy) is 1. The van der Waals surface area contributed by atoms with Gasteiger partial charge in [0.2, 0.25) is 0 Å². The largest absolute Gasteiger partial charge is 0.447 e. The molecule has 1 N–H and O–H groups in total. The van der Waals surface area contributed by atoms with E-state index in [0.717, 1.165) is 5.56 Å². The molecule has 1 aromatic carbocycles. The summed E-state index contributed by atoms with van der Waals surface area (Å²) in [5, 5.41) is 10.5. The Balaban J connectivity index is 2.39. The van der Waals surface area contributed by atoms with E-state index in [-0.39, 0.29) is 12.6 Å². The van der Waals surface area contributed by atoms with E-state index in [1.165, 1.54) is 0 Å². The van der Waals surface area contributed by atoms with Gasteiger partial charge in [0.15, 0.2) is 0 Å². The molecule has 0 bridgehead atoms. The molecule has 0 aromatic heterocycles. The molecule has 1 amide bonds. The van der Waals surface area contributed by atoms with Crippen molar-refractivity contribution >= 4 is 14.2 Å². The monoisotopic (exact) mass is 343 g/mol. The number of hydrogen-bond acceptors (Lipinski definition) is 3. The Labute approximate surface area is 145 Å². The summed E-state index contributed by atoms with van der Waals surface area (Å²) >= 11 is 0. The first-order valence-corrected chi connectivity index (χ1v) is 11.6. The molecule has 4 nitrogen and oxygen atoms in total. The number of aliphatic hydroxyl groups is 1. The molecule has 0 spiro atoms. The zero-order valence-corrected chi connectivity index (χ0v) is 15.5. The van der Waals surface area contributed by atoms with Crippen LogP contribution in [0.15, 0.2) is 43.0 Å². The van der Waals surface area contributed by atoms with Crippen molar-refractivity contribution in [3.05, 3.63) is 48.6 Å². The van der Waals surface area contributed by atoms with Crippen molar-refractivity contribution in [2.24, 2.45) is 0 Å². The van der Waals surface area contributed by atoms with Gasteiger partial charge in [0.25, 0.3) is 0 Å². The lowest BCUT2D eigenvalue weighted by atomic mass is 10.0. The number of benzene rings is 1. The van der Waals surface area contributed by atoms with Crippen LogP contribution in [0.1, 0.15) is 18.0 Å². The van der Waals surface area contributed by atoms with Crippen LogP contribution < -0.4 is 0 Å². The SMILES string of the molecule is C=CC[C@H](O)[C@@H](C#C[Si](C)(C)C)N1C(=O)OC[C@H]1c1ccccc1. The van der Waals surface area contributed by atoms with E-state index < -0.39 is 26.3 Å². The highest BCUT2D eigenvalue weighted by atomic mass is 28.3. The first-order valence-electron chi connectivity index (χ1n) is 8.15. The molecule has 0 aliphatic carbocycles. The smallest absolute Gasteiger partial charge is 0.411 e. The fourth-order valence-electron chi connectivity index (χ4n) is 2.61. The molecule has 5 heteroatoms. The predicted molar refractivity (Wildman–Crippen MR) is 98.1 cm³/mol. The minimum atomic E-state index is -1.64. The van der Waals surface area contributed by atoms with Crippen molar-refractivity contribution in [2.45, 2.75) is 44.2 Å². The number of rotatable bonds is 5. The lowest BCUT2D eigenvalue weighted by molar-refractivity contribution is 0.0837. The molecule has 128 valence electrons. The second-order valence-electron chi connectivity index (χ2n) is 6.97.